The van der Waals surface area contributed by atoms with Gasteiger partial charge in [-0.1, -0.05) is 25.3 Å². The quantitative estimate of drug-likeness (QED) is 0.417. The van der Waals surface area contributed by atoms with Crippen molar-refractivity contribution < 1.29 is 0 Å². The summed E-state index contributed by atoms with van der Waals surface area (Å²) in [6.45, 7) is 0. The van der Waals surface area contributed by atoms with Gasteiger partial charge in [-0.2, -0.15) is 0 Å². The first-order valence-corrected chi connectivity index (χ1v) is 4.28. The van der Waals surface area contributed by atoms with E-state index < -0.39 is 0 Å². The van der Waals surface area contributed by atoms with Gasteiger partial charge in [-0.3, -0.25) is 0 Å². The fourth-order valence-corrected chi connectivity index (χ4v) is 1.93. The van der Waals surface area contributed by atoms with Crippen LogP contribution in [0.15, 0.2) is 0 Å². The zero-order chi connectivity index (χ0) is 5.11. The third-order valence-electron chi connectivity index (χ3n) is 1.53. The molecule has 1 fully saturated rings. The molecule has 1 rings (SSSR count). The van der Waals surface area contributed by atoms with Crippen molar-refractivity contribution in [1.29, 1.82) is 0 Å². The third kappa shape index (κ3) is 2.06. The lowest BCUT2D eigenvalue weighted by Crippen LogP contribution is -2.10. The van der Waals surface area contributed by atoms with Gasteiger partial charge >= 0.3 is 0 Å². The first kappa shape index (κ1) is 5.99. The van der Waals surface area contributed by atoms with E-state index in [0.29, 0.717) is 0 Å². The first-order chi connectivity index (χ1) is 3.39. The Morgan fingerprint density at radius 3 is 2.14 bits per heavy atom. The lowest BCUT2D eigenvalue weighted by atomic mass is 9.49. The Bertz CT molecular complexity index is 51.7. The summed E-state index contributed by atoms with van der Waals surface area (Å²) in [6.07, 6.45) is 5.91. The van der Waals surface area contributed by atoms with Crippen LogP contribution in [0.1, 0.15) is 0 Å². The molecule has 0 nitrogen and oxygen atoms in total. The Labute approximate surface area is 59.6 Å². The number of hydrogen-bond donors (Lipinski definition) is 0. The molecule has 1 heterocycles. The monoisotopic (exact) mass is 206 g/mol. The molecule has 0 radical (unpaired) electrons. The van der Waals surface area contributed by atoms with Crippen LogP contribution in [-0.2, 0) is 0 Å². The lowest BCUT2D eigenvalue weighted by molar-refractivity contribution is 1.25. The molecular weight excluding hydrogens is 197 g/mol. The largest absolute Gasteiger partial charge is 0.216 e. The van der Waals surface area contributed by atoms with Gasteiger partial charge in [-0.05, 0) is 0 Å². The fraction of sp³-hybridized carbons (Fsp3) is 1.00. The molecule has 1 aliphatic heterocycles. The highest BCUT2D eigenvalue weighted by Crippen LogP contribution is 2.18. The van der Waals surface area contributed by atoms with E-state index in [-0.39, 0.29) is 0 Å². The Morgan fingerprint density at radius 2 is 1.86 bits per heavy atom. The molecule has 0 atom stereocenters. The van der Waals surface area contributed by atoms with Crippen LogP contribution in [0, 0.1) is 0 Å². The number of hydrogen-bond acceptors (Lipinski definition) is 0. The van der Waals surface area contributed by atoms with Crippen molar-refractivity contribution in [2.45, 2.75) is 25.3 Å². The molecule has 0 N–H and O–H groups in total. The molecule has 38 valence electrons. The summed E-state index contributed by atoms with van der Waals surface area (Å²) in [5.74, 6) is 0. The van der Waals surface area contributed by atoms with Crippen molar-refractivity contribution >= 4 is 34.2 Å². The standard InChI is InChI=1S/C4H9B2I/c7-6-3-1-5-2-4-6/h5H,1-4H2. The van der Waals surface area contributed by atoms with E-state index in [9.17, 15) is 0 Å². The minimum absolute atomic E-state index is 1.01. The van der Waals surface area contributed by atoms with E-state index in [1.165, 1.54) is 32.6 Å². The van der Waals surface area contributed by atoms with Crippen LogP contribution >= 0.6 is 22.4 Å². The molecule has 0 aromatic heterocycles. The Morgan fingerprint density at radius 1 is 1.29 bits per heavy atom. The van der Waals surface area contributed by atoms with Crippen LogP contribution in [0.4, 0.5) is 0 Å². The smallest absolute Gasteiger partial charge is 0.150 e. The van der Waals surface area contributed by atoms with Crippen molar-refractivity contribution in [3.05, 3.63) is 0 Å². The lowest BCUT2D eigenvalue weighted by Gasteiger charge is -2.09. The van der Waals surface area contributed by atoms with E-state index in [2.05, 4.69) is 22.4 Å². The third-order valence-corrected chi connectivity index (χ3v) is 2.78. The van der Waals surface area contributed by atoms with Gasteiger partial charge in [0.2, 0.25) is 4.57 Å². The van der Waals surface area contributed by atoms with Gasteiger partial charge in [0.15, 0.2) is 0 Å². The number of rotatable bonds is 0. The summed E-state index contributed by atoms with van der Waals surface area (Å²) in [7, 11) is 1.49. The first-order valence-electron chi connectivity index (χ1n) is 3.03. The molecule has 1 saturated heterocycles. The topological polar surface area (TPSA) is 0 Å². The minimum atomic E-state index is 1.01. The van der Waals surface area contributed by atoms with Crippen LogP contribution in [-0.4, -0.2) is 11.8 Å². The van der Waals surface area contributed by atoms with Crippen molar-refractivity contribution in [1.82, 2.24) is 0 Å². The van der Waals surface area contributed by atoms with Gasteiger partial charge < -0.3 is 0 Å². The predicted molar refractivity (Wildman–Crippen MR) is 46.2 cm³/mol. The molecule has 7 heavy (non-hydrogen) atoms. The zero-order valence-electron chi connectivity index (χ0n) is 4.49. The molecule has 0 amide bonds. The van der Waals surface area contributed by atoms with Gasteiger partial charge in [0.1, 0.15) is 7.28 Å². The molecule has 0 aromatic rings. The van der Waals surface area contributed by atoms with Gasteiger partial charge in [-0.15, -0.1) is 22.4 Å². The second-order valence-electron chi connectivity index (χ2n) is 2.24. The second-order valence-corrected chi connectivity index (χ2v) is 4.00. The summed E-state index contributed by atoms with van der Waals surface area (Å²) >= 11 is 2.56. The van der Waals surface area contributed by atoms with Gasteiger partial charge in [0.05, 0.1) is 0 Å². The summed E-state index contributed by atoms with van der Waals surface area (Å²) in [6, 6.07) is 0. The summed E-state index contributed by atoms with van der Waals surface area (Å²) in [5, 5.41) is 0. The molecule has 3 heteroatoms. The minimum Gasteiger partial charge on any atom is -0.150 e. The molecular formula is C4H9B2I. The van der Waals surface area contributed by atoms with Gasteiger partial charge in [0, 0.05) is 0 Å². The molecule has 0 unspecified atom stereocenters. The average molecular weight is 206 g/mol. The molecule has 0 spiro atoms. The SMILES string of the molecule is IB1CCBCC1. The highest BCUT2D eigenvalue weighted by Gasteiger charge is 2.13. The van der Waals surface area contributed by atoms with Gasteiger partial charge in [-0.25, -0.2) is 0 Å². The van der Waals surface area contributed by atoms with E-state index in [1.54, 1.807) is 0 Å². The van der Waals surface area contributed by atoms with Crippen LogP contribution < -0.4 is 0 Å². The van der Waals surface area contributed by atoms with E-state index in [1.807, 2.05) is 0 Å². The Balaban J connectivity index is 2.12. The molecule has 0 saturated carbocycles. The normalized spacial score (nSPS) is 21.6. The average Bonchev–Trinajstić information content (AvgIpc) is 1.69. The van der Waals surface area contributed by atoms with Crippen LogP contribution in [0.5, 0.6) is 0 Å². The second kappa shape index (κ2) is 3.00. The van der Waals surface area contributed by atoms with Crippen molar-refractivity contribution in [3.63, 3.8) is 0 Å². The fourth-order valence-electron chi connectivity index (χ4n) is 1.05. The van der Waals surface area contributed by atoms with Crippen molar-refractivity contribution in [2.75, 3.05) is 0 Å². The molecule has 0 aliphatic carbocycles. The van der Waals surface area contributed by atoms with Crippen LogP contribution in [0.2, 0.25) is 25.3 Å². The molecule has 0 aromatic carbocycles. The molecule has 0 bridgehead atoms. The zero-order valence-corrected chi connectivity index (χ0v) is 6.65. The maximum Gasteiger partial charge on any atom is 0.216 e. The van der Waals surface area contributed by atoms with Gasteiger partial charge in [0.25, 0.3) is 0 Å². The van der Waals surface area contributed by atoms with Crippen LogP contribution in [0.25, 0.3) is 0 Å². The van der Waals surface area contributed by atoms with E-state index >= 15 is 0 Å². The van der Waals surface area contributed by atoms with Crippen LogP contribution in [0.3, 0.4) is 0 Å². The predicted octanol–water partition coefficient (Wildman–Crippen LogP) is 1.70. The van der Waals surface area contributed by atoms with Crippen molar-refractivity contribution in [2.24, 2.45) is 0 Å². The highest BCUT2D eigenvalue weighted by atomic mass is 127. The Hall–Kier alpha value is 0.860. The summed E-state index contributed by atoms with van der Waals surface area (Å²) < 4.78 is 1.01. The molecule has 1 aliphatic rings. The summed E-state index contributed by atoms with van der Waals surface area (Å²) in [4.78, 5) is 0. The highest BCUT2D eigenvalue weighted by molar-refractivity contribution is 14.1. The maximum absolute atomic E-state index is 2.56. The summed E-state index contributed by atoms with van der Waals surface area (Å²) in [5.41, 5.74) is 0. The van der Waals surface area contributed by atoms with E-state index in [0.717, 1.165) is 4.57 Å². The maximum atomic E-state index is 2.56. The van der Waals surface area contributed by atoms with E-state index in [4.69, 9.17) is 0 Å². The van der Waals surface area contributed by atoms with Crippen molar-refractivity contribution in [3.8, 4) is 0 Å². The Kier molecular flexibility index (Phi) is 2.57. The number of halogens is 1.